The Labute approximate surface area is 135 Å². The largest absolute Gasteiger partial charge is 0.367 e. The van der Waals surface area contributed by atoms with Crippen LogP contribution in [0.2, 0.25) is 0 Å². The first-order chi connectivity index (χ1) is 9.01. The smallest absolute Gasteiger partial charge is 0.0318 e. The van der Waals surface area contributed by atoms with E-state index < -0.39 is 0 Å². The molecule has 0 aliphatic rings. The first-order valence-electron chi connectivity index (χ1n) is 8.55. The molecular weight excluding hydrogens is 254 g/mol. The van der Waals surface area contributed by atoms with Gasteiger partial charge in [-0.05, 0) is 51.5 Å². The number of nitrogens with zero attached hydrogens (tertiary/aromatic N) is 1. The topological polar surface area (TPSA) is 3.24 Å². The highest BCUT2D eigenvalue weighted by atomic mass is 15.2. The van der Waals surface area contributed by atoms with E-state index in [-0.39, 0.29) is 16.4 Å². The molecule has 0 aliphatic heterocycles. The van der Waals surface area contributed by atoms with E-state index >= 15 is 0 Å². The monoisotopic (exact) mass is 295 g/mol. The number of allylic oxidation sites excluding steroid dienone is 2. The van der Waals surface area contributed by atoms with Gasteiger partial charge < -0.3 is 4.90 Å². The highest BCUT2D eigenvalue weighted by Crippen LogP contribution is 2.44. The van der Waals surface area contributed by atoms with Gasteiger partial charge in [-0.3, -0.25) is 0 Å². The maximum Gasteiger partial charge on any atom is 0.0318 e. The van der Waals surface area contributed by atoms with Crippen LogP contribution in [0.4, 0.5) is 0 Å². The highest BCUT2D eigenvalue weighted by molar-refractivity contribution is 5.27. The van der Waals surface area contributed by atoms with E-state index in [4.69, 9.17) is 0 Å². The molecule has 0 amide bonds. The van der Waals surface area contributed by atoms with E-state index in [9.17, 15) is 0 Å². The zero-order chi connectivity index (χ0) is 17.4. The molecule has 0 spiro atoms. The van der Waals surface area contributed by atoms with Crippen molar-refractivity contribution in [2.75, 3.05) is 0 Å². The summed E-state index contributed by atoms with van der Waals surface area (Å²) in [5.41, 5.74) is 3.59. The first-order valence-corrected chi connectivity index (χ1v) is 8.55. The molecule has 0 saturated carbocycles. The van der Waals surface area contributed by atoms with Crippen molar-refractivity contribution in [3.63, 3.8) is 0 Å². The van der Waals surface area contributed by atoms with Crippen molar-refractivity contribution >= 4 is 0 Å². The fourth-order valence-electron chi connectivity index (χ4n) is 3.76. The normalized spacial score (nSPS) is 15.6. The summed E-state index contributed by atoms with van der Waals surface area (Å²) in [6, 6.07) is 0.496. The third-order valence-electron chi connectivity index (χ3n) is 3.83. The van der Waals surface area contributed by atoms with Crippen molar-refractivity contribution in [3.05, 3.63) is 11.3 Å². The maximum absolute atomic E-state index is 2.65. The Morgan fingerprint density at radius 3 is 1.19 bits per heavy atom. The predicted octanol–water partition coefficient (Wildman–Crippen LogP) is 6.50. The Morgan fingerprint density at radius 1 is 0.667 bits per heavy atom. The van der Waals surface area contributed by atoms with Crippen LogP contribution >= 0.6 is 0 Å². The minimum Gasteiger partial charge on any atom is -0.367 e. The van der Waals surface area contributed by atoms with Gasteiger partial charge in [-0.2, -0.15) is 0 Å². The van der Waals surface area contributed by atoms with Gasteiger partial charge in [0.2, 0.25) is 0 Å². The van der Waals surface area contributed by atoms with Crippen LogP contribution < -0.4 is 0 Å². The van der Waals surface area contributed by atoms with Gasteiger partial charge in [-0.15, -0.1) is 0 Å². The average Bonchev–Trinajstić information content (AvgIpc) is 2.08. The summed E-state index contributed by atoms with van der Waals surface area (Å²) in [5, 5.41) is 0. The summed E-state index contributed by atoms with van der Waals surface area (Å²) in [6.07, 6.45) is 0. The van der Waals surface area contributed by atoms with Crippen molar-refractivity contribution in [3.8, 4) is 0 Å². The van der Waals surface area contributed by atoms with E-state index in [0.29, 0.717) is 12.0 Å². The summed E-state index contributed by atoms with van der Waals surface area (Å²) < 4.78 is 0. The Kier molecular flexibility index (Phi) is 6.20. The second kappa shape index (κ2) is 6.34. The SMILES string of the molecule is CC(C)/C(=C(\N(C(C)C)C(C)(C)C)C(C)(C)C)C(C)(C)C. The fourth-order valence-corrected chi connectivity index (χ4v) is 3.76. The van der Waals surface area contributed by atoms with E-state index in [1.54, 1.807) is 5.57 Å². The van der Waals surface area contributed by atoms with Gasteiger partial charge in [0.05, 0.1) is 0 Å². The molecular formula is C20H41N. The van der Waals surface area contributed by atoms with Gasteiger partial charge in [-0.1, -0.05) is 55.4 Å². The molecule has 21 heavy (non-hydrogen) atoms. The van der Waals surface area contributed by atoms with E-state index in [1.165, 1.54) is 5.70 Å². The molecule has 0 N–H and O–H groups in total. The van der Waals surface area contributed by atoms with Crippen LogP contribution in [0.1, 0.15) is 90.0 Å². The van der Waals surface area contributed by atoms with E-state index in [1.807, 2.05) is 0 Å². The van der Waals surface area contributed by atoms with Crippen molar-refractivity contribution in [1.29, 1.82) is 0 Å². The lowest BCUT2D eigenvalue weighted by Crippen LogP contribution is -2.49. The van der Waals surface area contributed by atoms with Crippen molar-refractivity contribution < 1.29 is 0 Å². The lowest BCUT2D eigenvalue weighted by atomic mass is 9.72. The molecule has 0 aromatic heterocycles. The Balaban J connectivity index is 6.61. The molecule has 0 rings (SSSR count). The van der Waals surface area contributed by atoms with Crippen LogP contribution in [0.3, 0.4) is 0 Å². The molecule has 1 heteroatoms. The number of rotatable bonds is 3. The Bertz CT molecular complexity index is 364. The molecule has 126 valence electrons. The average molecular weight is 296 g/mol. The van der Waals surface area contributed by atoms with Crippen LogP contribution in [0.25, 0.3) is 0 Å². The third kappa shape index (κ3) is 5.34. The zero-order valence-corrected chi connectivity index (χ0v) is 17.1. The summed E-state index contributed by atoms with van der Waals surface area (Å²) in [7, 11) is 0. The summed E-state index contributed by atoms with van der Waals surface area (Å²) in [6.45, 7) is 30.5. The predicted molar refractivity (Wildman–Crippen MR) is 97.5 cm³/mol. The van der Waals surface area contributed by atoms with Crippen molar-refractivity contribution in [1.82, 2.24) is 4.90 Å². The second-order valence-electron chi connectivity index (χ2n) is 10.1. The molecule has 0 atom stereocenters. The molecule has 0 unspecified atom stereocenters. The molecule has 0 aromatic rings. The highest BCUT2D eigenvalue weighted by Gasteiger charge is 2.37. The summed E-state index contributed by atoms with van der Waals surface area (Å²) in [5.74, 6) is 0.558. The molecule has 0 aromatic carbocycles. The van der Waals surface area contributed by atoms with E-state index in [0.717, 1.165) is 0 Å². The first kappa shape index (κ1) is 20.5. The van der Waals surface area contributed by atoms with Gasteiger partial charge >= 0.3 is 0 Å². The fraction of sp³-hybridized carbons (Fsp3) is 0.900. The van der Waals surface area contributed by atoms with Crippen LogP contribution in [0.15, 0.2) is 11.3 Å². The molecule has 0 fully saturated rings. The van der Waals surface area contributed by atoms with Crippen molar-refractivity contribution in [2.24, 2.45) is 16.7 Å². The van der Waals surface area contributed by atoms with Gasteiger partial charge in [0.25, 0.3) is 0 Å². The molecule has 0 bridgehead atoms. The van der Waals surface area contributed by atoms with Gasteiger partial charge in [0.1, 0.15) is 0 Å². The Hall–Kier alpha value is -0.460. The third-order valence-corrected chi connectivity index (χ3v) is 3.83. The minimum absolute atomic E-state index is 0.127. The Morgan fingerprint density at radius 2 is 1.05 bits per heavy atom. The molecule has 0 heterocycles. The van der Waals surface area contributed by atoms with Crippen LogP contribution in [-0.2, 0) is 0 Å². The lowest BCUT2D eigenvalue weighted by Gasteiger charge is -2.50. The standard InChI is InChI=1S/C20H41N/c1-14(2)16(18(5,6)7)17(19(8,9)10)21(15(3)4)20(11,12)13/h14-15H,1-13H3/b17-16+. The zero-order valence-electron chi connectivity index (χ0n) is 17.1. The van der Waals surface area contributed by atoms with Gasteiger partial charge in [0, 0.05) is 22.7 Å². The molecule has 1 nitrogen and oxygen atoms in total. The van der Waals surface area contributed by atoms with E-state index in [2.05, 4.69) is 94.9 Å². The van der Waals surface area contributed by atoms with Crippen LogP contribution in [-0.4, -0.2) is 16.5 Å². The summed E-state index contributed by atoms with van der Waals surface area (Å²) >= 11 is 0. The van der Waals surface area contributed by atoms with Crippen LogP contribution in [0, 0.1) is 16.7 Å². The van der Waals surface area contributed by atoms with Gasteiger partial charge in [-0.25, -0.2) is 0 Å². The molecule has 0 radical (unpaired) electrons. The van der Waals surface area contributed by atoms with Crippen LogP contribution in [0.5, 0.6) is 0 Å². The molecule has 0 aliphatic carbocycles. The van der Waals surface area contributed by atoms with Gasteiger partial charge in [0.15, 0.2) is 0 Å². The lowest BCUT2D eigenvalue weighted by molar-refractivity contribution is 0.105. The molecule has 0 saturated heterocycles. The quantitative estimate of drug-likeness (QED) is 0.574. The number of hydrogen-bond donors (Lipinski definition) is 0. The summed E-state index contributed by atoms with van der Waals surface area (Å²) in [4.78, 5) is 2.65. The maximum atomic E-state index is 2.65. The number of hydrogen-bond acceptors (Lipinski definition) is 1. The van der Waals surface area contributed by atoms with Crippen molar-refractivity contribution in [2.45, 2.75) is 102 Å². The second-order valence-corrected chi connectivity index (χ2v) is 10.1. The minimum atomic E-state index is 0.127.